The fourth-order valence-corrected chi connectivity index (χ4v) is 6.64. The van der Waals surface area contributed by atoms with E-state index in [1.54, 1.807) is 4.90 Å². The van der Waals surface area contributed by atoms with E-state index in [1.165, 1.54) is 4.90 Å². The number of carbonyl (C=O) groups is 3. The van der Waals surface area contributed by atoms with Crippen molar-refractivity contribution in [1.82, 2.24) is 9.80 Å². The van der Waals surface area contributed by atoms with Crippen molar-refractivity contribution in [3.8, 4) is 0 Å². The Morgan fingerprint density at radius 1 is 0.935 bits per heavy atom. The van der Waals surface area contributed by atoms with Crippen LogP contribution >= 0.6 is 0 Å². The minimum atomic E-state index is -1.06. The van der Waals surface area contributed by atoms with E-state index in [1.807, 2.05) is 61.5 Å². The number of hydrogen-bond acceptors (Lipinski definition) is 4. The van der Waals surface area contributed by atoms with Gasteiger partial charge in [-0.2, -0.15) is 0 Å². The minimum Gasteiger partial charge on any atom is -0.310 e. The van der Waals surface area contributed by atoms with Gasteiger partial charge >= 0.3 is 0 Å². The van der Waals surface area contributed by atoms with Crippen molar-refractivity contribution in [2.75, 3.05) is 18.0 Å². The highest BCUT2D eigenvalue weighted by atomic mass is 16.2. The Morgan fingerprint density at radius 3 is 2.45 bits per heavy atom. The zero-order valence-electron chi connectivity index (χ0n) is 17.5. The van der Waals surface area contributed by atoms with Gasteiger partial charge in [0.25, 0.3) is 5.91 Å². The minimum absolute atomic E-state index is 0.0432. The summed E-state index contributed by atoms with van der Waals surface area (Å²) >= 11 is 0. The first-order chi connectivity index (χ1) is 15.1. The van der Waals surface area contributed by atoms with E-state index in [0.717, 1.165) is 36.2 Å². The number of imide groups is 1. The summed E-state index contributed by atoms with van der Waals surface area (Å²) in [6, 6.07) is 17.4. The van der Waals surface area contributed by atoms with Gasteiger partial charge in [0.05, 0.1) is 18.4 Å². The highest BCUT2D eigenvalue weighted by molar-refractivity contribution is 6.16. The van der Waals surface area contributed by atoms with Crippen LogP contribution in [0.3, 0.4) is 0 Å². The number of para-hydroxylation sites is 1. The number of likely N-dealkylation sites (tertiary alicyclic amines) is 1. The monoisotopic (exact) mass is 415 g/mol. The van der Waals surface area contributed by atoms with Crippen molar-refractivity contribution >= 4 is 23.4 Å². The molecule has 0 aromatic heterocycles. The molecule has 4 unspecified atom stereocenters. The van der Waals surface area contributed by atoms with E-state index < -0.39 is 17.4 Å². The molecule has 3 fully saturated rings. The molecule has 0 saturated carbocycles. The molecule has 4 atom stereocenters. The van der Waals surface area contributed by atoms with Crippen LogP contribution in [0, 0.1) is 11.8 Å². The first-order valence-electron chi connectivity index (χ1n) is 11.2. The average molecular weight is 415 g/mol. The smallest absolute Gasteiger partial charge is 0.253 e. The fraction of sp³-hybridized carbons (Fsp3) is 0.400. The lowest BCUT2D eigenvalue weighted by Gasteiger charge is -2.37. The summed E-state index contributed by atoms with van der Waals surface area (Å²) in [5.41, 5.74) is 1.64. The van der Waals surface area contributed by atoms with Gasteiger partial charge in [-0.3, -0.25) is 24.2 Å². The molecule has 2 aromatic carbocycles. The van der Waals surface area contributed by atoms with E-state index in [4.69, 9.17) is 0 Å². The van der Waals surface area contributed by atoms with Crippen LogP contribution in [0.15, 0.2) is 54.6 Å². The van der Waals surface area contributed by atoms with Crippen LogP contribution in [0.5, 0.6) is 0 Å². The summed E-state index contributed by atoms with van der Waals surface area (Å²) in [4.78, 5) is 46.9. The second-order valence-electron chi connectivity index (χ2n) is 8.99. The molecule has 4 aliphatic rings. The quantitative estimate of drug-likeness (QED) is 0.723. The number of amides is 3. The SMILES string of the molecule is CCN1C(=O)C2(c3ccccc31)C1C(=O)N(Cc3ccccc3)C(=O)C1C1CCCN12. The van der Waals surface area contributed by atoms with Crippen molar-refractivity contribution in [3.63, 3.8) is 0 Å². The molecule has 158 valence electrons. The molecule has 1 spiro atoms. The third-order valence-corrected chi connectivity index (χ3v) is 7.74. The molecule has 2 aromatic rings. The molecular formula is C25H25N3O3. The Morgan fingerprint density at radius 2 is 1.68 bits per heavy atom. The standard InChI is InChI=1S/C25H25N3O3/c1-2-26-18-12-7-6-11-17(18)25(24(26)31)21-20(19-13-8-14-28(19)25)22(29)27(23(21)30)15-16-9-4-3-5-10-16/h3-7,9-12,19-21H,2,8,13-15H2,1H3. The maximum Gasteiger partial charge on any atom is 0.253 e. The van der Waals surface area contributed by atoms with Gasteiger partial charge in [0.1, 0.15) is 5.54 Å². The molecule has 3 saturated heterocycles. The second-order valence-corrected chi connectivity index (χ2v) is 8.99. The van der Waals surface area contributed by atoms with E-state index >= 15 is 0 Å². The topological polar surface area (TPSA) is 60.9 Å². The Balaban J connectivity index is 1.51. The summed E-state index contributed by atoms with van der Waals surface area (Å²) in [5.74, 6) is -1.47. The predicted octanol–water partition coefficient (Wildman–Crippen LogP) is 2.53. The molecule has 0 N–H and O–H groups in total. The highest BCUT2D eigenvalue weighted by Crippen LogP contribution is 2.61. The summed E-state index contributed by atoms with van der Waals surface area (Å²) in [6.07, 6.45) is 1.79. The summed E-state index contributed by atoms with van der Waals surface area (Å²) in [6.45, 7) is 3.52. The van der Waals surface area contributed by atoms with E-state index in [0.29, 0.717) is 6.54 Å². The fourth-order valence-electron chi connectivity index (χ4n) is 6.64. The largest absolute Gasteiger partial charge is 0.310 e. The normalized spacial score (nSPS) is 31.6. The summed E-state index contributed by atoms with van der Waals surface area (Å²) < 4.78 is 0. The zero-order chi connectivity index (χ0) is 21.3. The van der Waals surface area contributed by atoms with Gasteiger partial charge in [0.2, 0.25) is 11.8 Å². The number of hydrogen-bond donors (Lipinski definition) is 0. The van der Waals surface area contributed by atoms with Crippen LogP contribution in [0.2, 0.25) is 0 Å². The molecule has 6 heteroatoms. The second kappa shape index (κ2) is 6.50. The van der Waals surface area contributed by atoms with Crippen LogP contribution in [-0.2, 0) is 26.5 Å². The Labute approximate surface area is 181 Å². The molecule has 6 nitrogen and oxygen atoms in total. The third kappa shape index (κ3) is 2.18. The summed E-state index contributed by atoms with van der Waals surface area (Å²) in [5, 5.41) is 0. The van der Waals surface area contributed by atoms with E-state index in [9.17, 15) is 14.4 Å². The zero-order valence-corrected chi connectivity index (χ0v) is 17.5. The lowest BCUT2D eigenvalue weighted by atomic mass is 9.75. The molecule has 31 heavy (non-hydrogen) atoms. The maximum absolute atomic E-state index is 14.0. The average Bonchev–Trinajstić information content (AvgIpc) is 3.49. The van der Waals surface area contributed by atoms with Crippen LogP contribution < -0.4 is 4.90 Å². The summed E-state index contributed by atoms with van der Waals surface area (Å²) in [7, 11) is 0. The number of carbonyl (C=O) groups excluding carboxylic acids is 3. The van der Waals surface area contributed by atoms with Crippen molar-refractivity contribution < 1.29 is 14.4 Å². The van der Waals surface area contributed by atoms with Crippen molar-refractivity contribution in [2.24, 2.45) is 11.8 Å². The first kappa shape index (κ1) is 18.8. The van der Waals surface area contributed by atoms with E-state index in [2.05, 4.69) is 4.90 Å². The van der Waals surface area contributed by atoms with Gasteiger partial charge in [-0.15, -0.1) is 0 Å². The van der Waals surface area contributed by atoms with Gasteiger partial charge in [0.15, 0.2) is 0 Å². The number of fused-ring (bicyclic) bond motifs is 7. The molecule has 0 radical (unpaired) electrons. The first-order valence-corrected chi connectivity index (χ1v) is 11.2. The lowest BCUT2D eigenvalue weighted by Crippen LogP contribution is -2.55. The van der Waals surface area contributed by atoms with Gasteiger partial charge < -0.3 is 4.90 Å². The number of benzene rings is 2. The Kier molecular flexibility index (Phi) is 3.93. The van der Waals surface area contributed by atoms with Crippen molar-refractivity contribution in [2.45, 2.75) is 37.9 Å². The van der Waals surface area contributed by atoms with Gasteiger partial charge in [-0.1, -0.05) is 48.5 Å². The van der Waals surface area contributed by atoms with Crippen LogP contribution in [0.25, 0.3) is 0 Å². The molecule has 4 aliphatic heterocycles. The third-order valence-electron chi connectivity index (χ3n) is 7.74. The molecule has 0 aliphatic carbocycles. The molecular weight excluding hydrogens is 390 g/mol. The number of likely N-dealkylation sites (N-methyl/N-ethyl adjacent to an activating group) is 1. The van der Waals surface area contributed by atoms with Crippen molar-refractivity contribution in [1.29, 1.82) is 0 Å². The van der Waals surface area contributed by atoms with Crippen LogP contribution in [0.4, 0.5) is 5.69 Å². The number of nitrogens with zero attached hydrogens (tertiary/aromatic N) is 3. The Bertz CT molecular complexity index is 1100. The van der Waals surface area contributed by atoms with Crippen LogP contribution in [-0.4, -0.2) is 46.7 Å². The predicted molar refractivity (Wildman–Crippen MR) is 115 cm³/mol. The van der Waals surface area contributed by atoms with E-state index in [-0.39, 0.29) is 30.3 Å². The Hall–Kier alpha value is -2.99. The molecule has 6 rings (SSSR count). The lowest BCUT2D eigenvalue weighted by molar-refractivity contribution is -0.146. The molecule has 0 bridgehead atoms. The van der Waals surface area contributed by atoms with Gasteiger partial charge in [0, 0.05) is 23.8 Å². The maximum atomic E-state index is 14.0. The highest BCUT2D eigenvalue weighted by Gasteiger charge is 2.75. The molecule has 3 amide bonds. The number of anilines is 1. The molecule has 4 heterocycles. The number of rotatable bonds is 3. The van der Waals surface area contributed by atoms with Crippen LogP contribution in [0.1, 0.15) is 30.9 Å². The van der Waals surface area contributed by atoms with Gasteiger partial charge in [-0.25, -0.2) is 0 Å². The van der Waals surface area contributed by atoms with Crippen molar-refractivity contribution in [3.05, 3.63) is 65.7 Å². The van der Waals surface area contributed by atoms with Gasteiger partial charge in [-0.05, 0) is 37.9 Å².